The number of hydrogen-bond donors (Lipinski definition) is 0. The zero-order valence-corrected chi connectivity index (χ0v) is 10.2. The van der Waals surface area contributed by atoms with Gasteiger partial charge in [0.2, 0.25) is 0 Å². The Hall–Kier alpha value is -1.87. The molecule has 1 aromatic heterocycles. The van der Waals surface area contributed by atoms with Gasteiger partial charge in [-0.1, -0.05) is 29.8 Å². The number of imidazole rings is 1. The van der Waals surface area contributed by atoms with Crippen LogP contribution in [0.2, 0.25) is 5.02 Å². The smallest absolute Gasteiger partial charge is 0.124 e. The SMILES string of the molecule is Fc1ccc(Cn2cnc3ccccc32)c(Cl)c1. The lowest BCUT2D eigenvalue weighted by Crippen LogP contribution is -1.98. The fourth-order valence-electron chi connectivity index (χ4n) is 1.97. The van der Waals surface area contributed by atoms with Gasteiger partial charge >= 0.3 is 0 Å². The van der Waals surface area contributed by atoms with E-state index in [-0.39, 0.29) is 5.82 Å². The van der Waals surface area contributed by atoms with Gasteiger partial charge in [-0.15, -0.1) is 0 Å². The molecule has 1 heterocycles. The van der Waals surface area contributed by atoms with Crippen LogP contribution in [0.5, 0.6) is 0 Å². The Morgan fingerprint density at radius 3 is 2.83 bits per heavy atom. The van der Waals surface area contributed by atoms with Gasteiger partial charge in [0.15, 0.2) is 0 Å². The van der Waals surface area contributed by atoms with E-state index in [0.29, 0.717) is 11.6 Å². The van der Waals surface area contributed by atoms with E-state index < -0.39 is 0 Å². The number of aromatic nitrogens is 2. The summed E-state index contributed by atoms with van der Waals surface area (Å²) in [5, 5.41) is 0.438. The third kappa shape index (κ3) is 1.97. The van der Waals surface area contributed by atoms with Crippen molar-refractivity contribution >= 4 is 22.6 Å². The molecule has 0 fully saturated rings. The van der Waals surface area contributed by atoms with E-state index in [1.54, 1.807) is 12.4 Å². The van der Waals surface area contributed by atoms with Crippen LogP contribution >= 0.6 is 11.6 Å². The second-order valence-corrected chi connectivity index (χ2v) is 4.50. The number of rotatable bonds is 2. The zero-order valence-electron chi connectivity index (χ0n) is 9.48. The number of nitrogens with zero attached hydrogens (tertiary/aromatic N) is 2. The van der Waals surface area contributed by atoms with Crippen LogP contribution < -0.4 is 0 Å². The molecular weight excluding hydrogens is 251 g/mol. The molecule has 2 nitrogen and oxygen atoms in total. The molecule has 0 atom stereocenters. The van der Waals surface area contributed by atoms with Crippen molar-refractivity contribution in [2.24, 2.45) is 0 Å². The summed E-state index contributed by atoms with van der Waals surface area (Å²) < 4.78 is 15.0. The fourth-order valence-corrected chi connectivity index (χ4v) is 2.20. The van der Waals surface area contributed by atoms with Crippen molar-refractivity contribution in [1.29, 1.82) is 0 Å². The largest absolute Gasteiger partial charge is 0.326 e. The second-order valence-electron chi connectivity index (χ2n) is 4.10. The van der Waals surface area contributed by atoms with Gasteiger partial charge in [-0.05, 0) is 29.8 Å². The third-order valence-corrected chi connectivity index (χ3v) is 3.24. The van der Waals surface area contributed by atoms with Crippen LogP contribution in [0.1, 0.15) is 5.56 Å². The highest BCUT2D eigenvalue weighted by Crippen LogP contribution is 2.20. The van der Waals surface area contributed by atoms with Gasteiger partial charge in [0.25, 0.3) is 0 Å². The zero-order chi connectivity index (χ0) is 12.5. The fraction of sp³-hybridized carbons (Fsp3) is 0.0714. The first-order chi connectivity index (χ1) is 8.74. The molecule has 0 spiro atoms. The predicted molar refractivity (Wildman–Crippen MR) is 70.2 cm³/mol. The van der Waals surface area contributed by atoms with E-state index in [2.05, 4.69) is 4.98 Å². The molecule has 2 aromatic carbocycles. The number of fused-ring (bicyclic) bond motifs is 1. The molecule has 0 saturated heterocycles. The molecule has 0 aliphatic rings. The molecule has 0 saturated carbocycles. The van der Waals surface area contributed by atoms with Gasteiger partial charge in [0, 0.05) is 5.02 Å². The Morgan fingerprint density at radius 1 is 1.17 bits per heavy atom. The monoisotopic (exact) mass is 260 g/mol. The Bertz CT molecular complexity index is 706. The van der Waals surface area contributed by atoms with Crippen molar-refractivity contribution in [3.63, 3.8) is 0 Å². The van der Waals surface area contributed by atoms with E-state index >= 15 is 0 Å². The first kappa shape index (κ1) is 11.2. The van der Waals surface area contributed by atoms with Crippen LogP contribution in [0, 0.1) is 5.82 Å². The summed E-state index contributed by atoms with van der Waals surface area (Å²) in [6.07, 6.45) is 1.77. The standard InChI is InChI=1S/C14H10ClFN2/c15-12-7-11(16)6-5-10(12)8-18-9-17-13-3-1-2-4-14(13)18/h1-7,9H,8H2. The minimum atomic E-state index is -0.320. The predicted octanol–water partition coefficient (Wildman–Crippen LogP) is 3.88. The molecule has 3 aromatic rings. The van der Waals surface area contributed by atoms with E-state index in [1.807, 2.05) is 28.8 Å². The molecule has 0 amide bonds. The van der Waals surface area contributed by atoms with Crippen LogP contribution in [-0.2, 0) is 6.54 Å². The van der Waals surface area contributed by atoms with E-state index in [1.165, 1.54) is 12.1 Å². The number of hydrogen-bond acceptors (Lipinski definition) is 1. The molecule has 4 heteroatoms. The Kier molecular flexibility index (Phi) is 2.76. The van der Waals surface area contributed by atoms with Gasteiger partial charge in [-0.3, -0.25) is 0 Å². The van der Waals surface area contributed by atoms with Crippen molar-refractivity contribution in [2.45, 2.75) is 6.54 Å². The second kappa shape index (κ2) is 4.42. The van der Waals surface area contributed by atoms with Gasteiger partial charge in [0.1, 0.15) is 5.82 Å². The molecule has 0 bridgehead atoms. The average molecular weight is 261 g/mol. The highest BCUT2D eigenvalue weighted by atomic mass is 35.5. The molecule has 0 aliphatic carbocycles. The molecule has 90 valence electrons. The molecule has 0 radical (unpaired) electrons. The first-order valence-electron chi connectivity index (χ1n) is 5.58. The lowest BCUT2D eigenvalue weighted by Gasteiger charge is -2.06. The molecule has 18 heavy (non-hydrogen) atoms. The summed E-state index contributed by atoms with van der Waals surface area (Å²) in [7, 11) is 0. The van der Waals surface area contributed by atoms with E-state index in [0.717, 1.165) is 16.6 Å². The van der Waals surface area contributed by atoms with Crippen molar-refractivity contribution in [2.75, 3.05) is 0 Å². The maximum Gasteiger partial charge on any atom is 0.124 e. The summed E-state index contributed by atoms with van der Waals surface area (Å²) in [5.74, 6) is -0.320. The minimum Gasteiger partial charge on any atom is -0.326 e. The van der Waals surface area contributed by atoms with E-state index in [4.69, 9.17) is 11.6 Å². The quantitative estimate of drug-likeness (QED) is 0.684. The molecule has 0 aliphatic heterocycles. The molecule has 0 unspecified atom stereocenters. The summed E-state index contributed by atoms with van der Waals surface area (Å²) in [5.41, 5.74) is 2.86. The number of para-hydroxylation sites is 2. The summed E-state index contributed by atoms with van der Waals surface area (Å²) in [6.45, 7) is 0.583. The number of benzene rings is 2. The molecular formula is C14H10ClFN2. The van der Waals surface area contributed by atoms with Crippen LogP contribution in [0.15, 0.2) is 48.8 Å². The lowest BCUT2D eigenvalue weighted by atomic mass is 10.2. The lowest BCUT2D eigenvalue weighted by molar-refractivity contribution is 0.626. The maximum absolute atomic E-state index is 13.0. The Labute approximate surface area is 109 Å². The van der Waals surface area contributed by atoms with Crippen LogP contribution in [0.3, 0.4) is 0 Å². The van der Waals surface area contributed by atoms with Crippen molar-refractivity contribution in [1.82, 2.24) is 9.55 Å². The minimum absolute atomic E-state index is 0.320. The van der Waals surface area contributed by atoms with Crippen molar-refractivity contribution in [3.8, 4) is 0 Å². The topological polar surface area (TPSA) is 17.8 Å². The van der Waals surface area contributed by atoms with Crippen LogP contribution in [0.25, 0.3) is 11.0 Å². The summed E-state index contributed by atoms with van der Waals surface area (Å²) >= 11 is 6.02. The van der Waals surface area contributed by atoms with Crippen LogP contribution in [-0.4, -0.2) is 9.55 Å². The highest BCUT2D eigenvalue weighted by molar-refractivity contribution is 6.31. The summed E-state index contributed by atoms with van der Waals surface area (Å²) in [6, 6.07) is 12.3. The molecule has 3 rings (SSSR count). The van der Waals surface area contributed by atoms with Gasteiger partial charge in [0.05, 0.1) is 23.9 Å². The van der Waals surface area contributed by atoms with Gasteiger partial charge in [-0.2, -0.15) is 0 Å². The van der Waals surface area contributed by atoms with E-state index in [9.17, 15) is 4.39 Å². The average Bonchev–Trinajstić information content (AvgIpc) is 2.76. The maximum atomic E-state index is 13.0. The third-order valence-electron chi connectivity index (χ3n) is 2.88. The van der Waals surface area contributed by atoms with Crippen LogP contribution in [0.4, 0.5) is 4.39 Å². The normalized spacial score (nSPS) is 11.0. The Balaban J connectivity index is 2.01. The van der Waals surface area contributed by atoms with Gasteiger partial charge in [-0.25, -0.2) is 9.37 Å². The number of halogens is 2. The summed E-state index contributed by atoms with van der Waals surface area (Å²) in [4.78, 5) is 4.31. The first-order valence-corrected chi connectivity index (χ1v) is 5.95. The Morgan fingerprint density at radius 2 is 2.00 bits per heavy atom. The van der Waals surface area contributed by atoms with Crippen molar-refractivity contribution in [3.05, 3.63) is 65.2 Å². The van der Waals surface area contributed by atoms with Crippen molar-refractivity contribution < 1.29 is 4.39 Å². The highest BCUT2D eigenvalue weighted by Gasteiger charge is 2.06. The van der Waals surface area contributed by atoms with Gasteiger partial charge < -0.3 is 4.57 Å². The molecule has 0 N–H and O–H groups in total.